The van der Waals surface area contributed by atoms with Gasteiger partial charge in [-0.1, -0.05) is 0 Å². The van der Waals surface area contributed by atoms with E-state index in [0.29, 0.717) is 17.0 Å². The van der Waals surface area contributed by atoms with Crippen LogP contribution in [0.5, 0.6) is 5.75 Å². The molecule has 0 aliphatic carbocycles. The number of ether oxygens (including phenoxy) is 1. The molecular formula is C19H17FN2O5S. The van der Waals surface area contributed by atoms with Crippen LogP contribution in [0.1, 0.15) is 10.6 Å². The van der Waals surface area contributed by atoms with Gasteiger partial charge in [-0.3, -0.25) is 9.52 Å². The molecule has 0 fully saturated rings. The zero-order chi connectivity index (χ0) is 20.3. The Kier molecular flexibility index (Phi) is 5.36. The van der Waals surface area contributed by atoms with Crippen molar-refractivity contribution in [2.24, 2.45) is 0 Å². The number of hydrogen-bond acceptors (Lipinski definition) is 5. The average Bonchev–Trinajstić information content (AvgIpc) is 3.12. The number of methoxy groups -OCH3 is 1. The van der Waals surface area contributed by atoms with Crippen LogP contribution in [-0.4, -0.2) is 27.7 Å². The molecule has 0 saturated heterocycles. The SMILES string of the molecule is COc1cc(NC(=O)c2ccc(-c3ccc(F)cc3)o2)ccc1NS(C)(=O)=O. The molecule has 0 atom stereocenters. The van der Waals surface area contributed by atoms with Gasteiger partial charge in [0, 0.05) is 17.3 Å². The predicted octanol–water partition coefficient (Wildman–Crippen LogP) is 3.72. The average molecular weight is 404 g/mol. The van der Waals surface area contributed by atoms with Gasteiger partial charge in [-0.05, 0) is 48.5 Å². The third kappa shape index (κ3) is 4.68. The number of nitrogens with one attached hydrogen (secondary N) is 2. The van der Waals surface area contributed by atoms with Crippen LogP contribution in [-0.2, 0) is 10.0 Å². The first kappa shape index (κ1) is 19.4. The van der Waals surface area contributed by atoms with Crippen LogP contribution in [0.4, 0.5) is 15.8 Å². The minimum absolute atomic E-state index is 0.0663. The predicted molar refractivity (Wildman–Crippen MR) is 104 cm³/mol. The number of sulfonamides is 1. The van der Waals surface area contributed by atoms with Crippen molar-refractivity contribution in [3.8, 4) is 17.1 Å². The fourth-order valence-corrected chi connectivity index (χ4v) is 3.04. The minimum Gasteiger partial charge on any atom is -0.494 e. The molecule has 0 aliphatic heterocycles. The number of carbonyl (C=O) groups is 1. The smallest absolute Gasteiger partial charge is 0.291 e. The first-order valence-electron chi connectivity index (χ1n) is 8.08. The largest absolute Gasteiger partial charge is 0.494 e. The number of halogens is 1. The fraction of sp³-hybridized carbons (Fsp3) is 0.105. The first-order chi connectivity index (χ1) is 13.2. The highest BCUT2D eigenvalue weighted by molar-refractivity contribution is 7.92. The van der Waals surface area contributed by atoms with E-state index in [-0.39, 0.29) is 23.0 Å². The summed E-state index contributed by atoms with van der Waals surface area (Å²) in [5.41, 5.74) is 1.28. The summed E-state index contributed by atoms with van der Waals surface area (Å²) >= 11 is 0. The summed E-state index contributed by atoms with van der Waals surface area (Å²) < 4.78 is 48.8. The van der Waals surface area contributed by atoms with E-state index in [2.05, 4.69) is 10.0 Å². The number of furan rings is 1. The second-order valence-electron chi connectivity index (χ2n) is 5.91. The van der Waals surface area contributed by atoms with Crippen LogP contribution in [0.2, 0.25) is 0 Å². The molecule has 2 N–H and O–H groups in total. The number of rotatable bonds is 6. The third-order valence-corrected chi connectivity index (χ3v) is 4.30. The fourth-order valence-electron chi connectivity index (χ4n) is 2.47. The van der Waals surface area contributed by atoms with Gasteiger partial charge >= 0.3 is 0 Å². The summed E-state index contributed by atoms with van der Waals surface area (Å²) in [4.78, 5) is 12.4. The molecule has 3 aromatic rings. The molecule has 1 heterocycles. The van der Waals surface area contributed by atoms with Gasteiger partial charge in [-0.15, -0.1) is 0 Å². The summed E-state index contributed by atoms with van der Waals surface area (Å²) in [6, 6.07) is 13.3. The van der Waals surface area contributed by atoms with Crippen molar-refractivity contribution < 1.29 is 26.8 Å². The Morgan fingerprint density at radius 1 is 1.07 bits per heavy atom. The molecule has 9 heteroatoms. The summed E-state index contributed by atoms with van der Waals surface area (Å²) in [6.07, 6.45) is 1.03. The Morgan fingerprint density at radius 3 is 2.43 bits per heavy atom. The molecule has 0 saturated carbocycles. The monoisotopic (exact) mass is 404 g/mol. The van der Waals surface area contributed by atoms with Crippen molar-refractivity contribution in [3.05, 3.63) is 66.2 Å². The van der Waals surface area contributed by atoms with Crippen LogP contribution in [0.3, 0.4) is 0 Å². The molecule has 28 heavy (non-hydrogen) atoms. The standard InChI is InChI=1S/C19H17FN2O5S/c1-26-18-11-14(7-8-15(18)22-28(2,24)25)21-19(23)17-10-9-16(27-17)12-3-5-13(20)6-4-12/h3-11,22H,1-2H3,(H,21,23). The molecule has 0 aliphatic rings. The Labute approximate surface area is 161 Å². The minimum atomic E-state index is -3.47. The van der Waals surface area contributed by atoms with E-state index in [0.717, 1.165) is 6.26 Å². The lowest BCUT2D eigenvalue weighted by Gasteiger charge is -2.12. The Hall–Kier alpha value is -3.33. The van der Waals surface area contributed by atoms with Crippen molar-refractivity contribution in [2.75, 3.05) is 23.4 Å². The summed E-state index contributed by atoms with van der Waals surface area (Å²) in [7, 11) is -2.09. The van der Waals surface area contributed by atoms with E-state index >= 15 is 0 Å². The van der Waals surface area contributed by atoms with Crippen LogP contribution < -0.4 is 14.8 Å². The number of carbonyl (C=O) groups excluding carboxylic acids is 1. The summed E-state index contributed by atoms with van der Waals surface area (Å²) in [5, 5.41) is 2.65. The Bertz CT molecular complexity index is 1110. The van der Waals surface area contributed by atoms with E-state index in [1.807, 2.05) is 0 Å². The molecule has 146 valence electrons. The number of benzene rings is 2. The maximum absolute atomic E-state index is 13.0. The Morgan fingerprint density at radius 2 is 1.79 bits per heavy atom. The highest BCUT2D eigenvalue weighted by atomic mass is 32.2. The maximum Gasteiger partial charge on any atom is 0.291 e. The van der Waals surface area contributed by atoms with E-state index in [1.54, 1.807) is 18.2 Å². The van der Waals surface area contributed by atoms with Crippen molar-refractivity contribution in [1.29, 1.82) is 0 Å². The van der Waals surface area contributed by atoms with Gasteiger partial charge in [0.1, 0.15) is 17.3 Å². The van der Waals surface area contributed by atoms with Gasteiger partial charge in [0.05, 0.1) is 19.1 Å². The number of amides is 1. The first-order valence-corrected chi connectivity index (χ1v) is 9.97. The highest BCUT2D eigenvalue weighted by Gasteiger charge is 2.15. The van der Waals surface area contributed by atoms with Gasteiger partial charge in [0.15, 0.2) is 5.76 Å². The summed E-state index contributed by atoms with van der Waals surface area (Å²) in [5.74, 6) is -0.128. The van der Waals surface area contributed by atoms with E-state index in [9.17, 15) is 17.6 Å². The molecule has 1 aromatic heterocycles. The lowest BCUT2D eigenvalue weighted by molar-refractivity contribution is 0.0997. The van der Waals surface area contributed by atoms with Crippen molar-refractivity contribution in [3.63, 3.8) is 0 Å². The molecule has 0 spiro atoms. The van der Waals surface area contributed by atoms with E-state index < -0.39 is 15.9 Å². The zero-order valence-electron chi connectivity index (χ0n) is 15.0. The van der Waals surface area contributed by atoms with Crippen molar-refractivity contribution in [1.82, 2.24) is 0 Å². The molecule has 0 unspecified atom stereocenters. The lowest BCUT2D eigenvalue weighted by Crippen LogP contribution is -2.12. The zero-order valence-corrected chi connectivity index (χ0v) is 15.8. The van der Waals surface area contributed by atoms with Crippen LogP contribution in [0, 0.1) is 5.82 Å². The quantitative estimate of drug-likeness (QED) is 0.653. The molecule has 0 radical (unpaired) electrons. The normalized spacial score (nSPS) is 11.1. The molecule has 0 bridgehead atoms. The van der Waals surface area contributed by atoms with E-state index in [4.69, 9.17) is 9.15 Å². The second kappa shape index (κ2) is 7.73. The topological polar surface area (TPSA) is 97.6 Å². The highest BCUT2D eigenvalue weighted by Crippen LogP contribution is 2.29. The molecule has 3 rings (SSSR count). The molecule has 1 amide bonds. The van der Waals surface area contributed by atoms with E-state index in [1.165, 1.54) is 43.5 Å². The molecule has 7 nitrogen and oxygen atoms in total. The second-order valence-corrected chi connectivity index (χ2v) is 7.66. The number of anilines is 2. The third-order valence-electron chi connectivity index (χ3n) is 3.71. The van der Waals surface area contributed by atoms with Crippen molar-refractivity contribution >= 4 is 27.3 Å². The van der Waals surface area contributed by atoms with Crippen LogP contribution in [0.15, 0.2) is 59.0 Å². The number of hydrogen-bond donors (Lipinski definition) is 2. The maximum atomic E-state index is 13.0. The Balaban J connectivity index is 1.77. The molecule has 2 aromatic carbocycles. The van der Waals surface area contributed by atoms with Gasteiger partial charge < -0.3 is 14.5 Å². The van der Waals surface area contributed by atoms with Gasteiger partial charge in [-0.25, -0.2) is 12.8 Å². The van der Waals surface area contributed by atoms with Crippen molar-refractivity contribution in [2.45, 2.75) is 0 Å². The molecular weight excluding hydrogens is 387 g/mol. The van der Waals surface area contributed by atoms with Gasteiger partial charge in [-0.2, -0.15) is 0 Å². The van der Waals surface area contributed by atoms with Crippen LogP contribution in [0.25, 0.3) is 11.3 Å². The van der Waals surface area contributed by atoms with Gasteiger partial charge in [0.2, 0.25) is 10.0 Å². The van der Waals surface area contributed by atoms with Crippen LogP contribution >= 0.6 is 0 Å². The summed E-state index contributed by atoms with van der Waals surface area (Å²) in [6.45, 7) is 0. The lowest BCUT2D eigenvalue weighted by atomic mass is 10.2. The van der Waals surface area contributed by atoms with Gasteiger partial charge in [0.25, 0.3) is 5.91 Å².